The molecule has 3 rings (SSSR count). The van der Waals surface area contributed by atoms with Gasteiger partial charge in [-0.05, 0) is 40.2 Å². The normalized spacial score (nSPS) is 17.9. The molecule has 1 N–H and O–H groups in total. The Morgan fingerprint density at radius 1 is 1.39 bits per heavy atom. The minimum absolute atomic E-state index is 0.0510. The maximum atomic E-state index is 14.0. The first-order chi connectivity index (χ1) is 10.9. The monoisotopic (exact) mass is 418 g/mol. The standard InChI is InChI=1S/C14H9BrClFN2O3S/c15-10-5-4-9(23-10)13-18(6-11(20)19(13)22)14(21)12-7(16)2-1-3-8(12)17/h1-5,13,22H,6H2. The quantitative estimate of drug-likeness (QED) is 0.756. The first kappa shape index (κ1) is 16.4. The predicted octanol–water partition coefficient (Wildman–Crippen LogP) is 3.68. The molecule has 2 aromatic rings. The number of hydrogen-bond acceptors (Lipinski definition) is 4. The lowest BCUT2D eigenvalue weighted by molar-refractivity contribution is -0.168. The van der Waals surface area contributed by atoms with E-state index < -0.39 is 23.8 Å². The fraction of sp³-hybridized carbons (Fsp3) is 0.143. The van der Waals surface area contributed by atoms with Crippen LogP contribution in [0.4, 0.5) is 4.39 Å². The zero-order valence-corrected chi connectivity index (χ0v) is 14.5. The van der Waals surface area contributed by atoms with E-state index in [0.717, 1.165) is 14.8 Å². The van der Waals surface area contributed by atoms with E-state index in [9.17, 15) is 19.2 Å². The van der Waals surface area contributed by atoms with E-state index in [0.29, 0.717) is 9.94 Å². The summed E-state index contributed by atoms with van der Waals surface area (Å²) in [5.74, 6) is -2.19. The van der Waals surface area contributed by atoms with E-state index in [2.05, 4.69) is 15.9 Å². The van der Waals surface area contributed by atoms with Gasteiger partial charge in [0, 0.05) is 0 Å². The molecule has 1 unspecified atom stereocenters. The van der Waals surface area contributed by atoms with Gasteiger partial charge in [-0.1, -0.05) is 17.7 Å². The number of benzene rings is 1. The Balaban J connectivity index is 2.03. The molecule has 1 aromatic heterocycles. The first-order valence-corrected chi connectivity index (χ1v) is 8.40. The SMILES string of the molecule is O=C1CN(C(=O)c2c(F)cccc2Cl)C(c2ccc(Br)s2)N1O. The fourth-order valence-electron chi connectivity index (χ4n) is 2.34. The van der Waals surface area contributed by atoms with Gasteiger partial charge in [0.05, 0.1) is 19.2 Å². The first-order valence-electron chi connectivity index (χ1n) is 6.41. The smallest absolute Gasteiger partial charge is 0.267 e. The van der Waals surface area contributed by atoms with Crippen LogP contribution in [0.3, 0.4) is 0 Å². The molecule has 23 heavy (non-hydrogen) atoms. The lowest BCUT2D eigenvalue weighted by Gasteiger charge is -2.25. The van der Waals surface area contributed by atoms with Crippen LogP contribution >= 0.6 is 38.9 Å². The van der Waals surface area contributed by atoms with Crippen LogP contribution in [0.2, 0.25) is 5.02 Å². The Bertz CT molecular complexity index is 780. The van der Waals surface area contributed by atoms with Gasteiger partial charge in [-0.3, -0.25) is 14.8 Å². The average molecular weight is 420 g/mol. The number of halogens is 3. The Morgan fingerprint density at radius 3 is 2.74 bits per heavy atom. The van der Waals surface area contributed by atoms with Crippen LogP contribution in [0.1, 0.15) is 21.4 Å². The number of hydroxylamine groups is 2. The Labute approximate surface area is 148 Å². The second kappa shape index (κ2) is 6.20. The molecule has 1 aliphatic heterocycles. The van der Waals surface area contributed by atoms with Gasteiger partial charge in [-0.25, -0.2) is 4.39 Å². The molecule has 9 heteroatoms. The number of amides is 2. The second-order valence-electron chi connectivity index (χ2n) is 4.78. The van der Waals surface area contributed by atoms with Crippen molar-refractivity contribution in [2.75, 3.05) is 6.54 Å². The topological polar surface area (TPSA) is 60.9 Å². The predicted molar refractivity (Wildman–Crippen MR) is 85.8 cm³/mol. The molecule has 5 nitrogen and oxygen atoms in total. The Morgan fingerprint density at radius 2 is 2.13 bits per heavy atom. The third-order valence-corrected chi connectivity index (χ3v) is 5.35. The van der Waals surface area contributed by atoms with Gasteiger partial charge in [0.1, 0.15) is 12.4 Å². The van der Waals surface area contributed by atoms with Gasteiger partial charge in [0.25, 0.3) is 11.8 Å². The lowest BCUT2D eigenvalue weighted by Crippen LogP contribution is -2.34. The van der Waals surface area contributed by atoms with Gasteiger partial charge in [-0.15, -0.1) is 11.3 Å². The van der Waals surface area contributed by atoms with E-state index in [-0.39, 0.29) is 17.1 Å². The van der Waals surface area contributed by atoms with E-state index in [1.54, 1.807) is 12.1 Å². The number of nitrogens with zero attached hydrogens (tertiary/aromatic N) is 2. The maximum absolute atomic E-state index is 14.0. The van der Waals surface area contributed by atoms with Crippen molar-refractivity contribution in [3.8, 4) is 0 Å². The highest BCUT2D eigenvalue weighted by Crippen LogP contribution is 2.37. The third kappa shape index (κ3) is 2.87. The van der Waals surface area contributed by atoms with Crippen LogP contribution in [0.15, 0.2) is 34.1 Å². The largest absolute Gasteiger partial charge is 0.302 e. The van der Waals surface area contributed by atoms with E-state index in [4.69, 9.17) is 11.6 Å². The minimum atomic E-state index is -1.01. The number of carbonyl (C=O) groups excluding carboxylic acids is 2. The summed E-state index contributed by atoms with van der Waals surface area (Å²) in [7, 11) is 0. The molecule has 1 aliphatic rings. The third-order valence-electron chi connectivity index (χ3n) is 3.37. The van der Waals surface area contributed by atoms with Crippen LogP contribution in [0.25, 0.3) is 0 Å². The summed E-state index contributed by atoms with van der Waals surface area (Å²) in [5.41, 5.74) is -0.321. The second-order valence-corrected chi connectivity index (χ2v) is 7.69. The molecule has 1 aromatic carbocycles. The summed E-state index contributed by atoms with van der Waals surface area (Å²) in [5, 5.41) is 10.4. The summed E-state index contributed by atoms with van der Waals surface area (Å²) < 4.78 is 14.8. The zero-order chi connectivity index (χ0) is 16.7. The number of carbonyl (C=O) groups is 2. The van der Waals surface area contributed by atoms with Crippen molar-refractivity contribution in [3.05, 3.63) is 55.4 Å². The molecular weight excluding hydrogens is 411 g/mol. The molecule has 1 fully saturated rings. The molecule has 2 heterocycles. The van der Waals surface area contributed by atoms with Crippen molar-refractivity contribution >= 4 is 50.7 Å². The van der Waals surface area contributed by atoms with Gasteiger partial charge in [0.15, 0.2) is 6.17 Å². The molecule has 0 radical (unpaired) electrons. The van der Waals surface area contributed by atoms with E-state index >= 15 is 0 Å². The molecule has 0 spiro atoms. The van der Waals surface area contributed by atoms with Crippen LogP contribution in [0, 0.1) is 5.82 Å². The van der Waals surface area contributed by atoms with Crippen LogP contribution in [-0.4, -0.2) is 33.5 Å². The van der Waals surface area contributed by atoms with Crippen molar-refractivity contribution in [1.29, 1.82) is 0 Å². The summed E-state index contributed by atoms with van der Waals surface area (Å²) in [6.07, 6.45) is -1.01. The van der Waals surface area contributed by atoms with Crippen molar-refractivity contribution < 1.29 is 19.2 Å². The van der Waals surface area contributed by atoms with Crippen LogP contribution in [0.5, 0.6) is 0 Å². The van der Waals surface area contributed by atoms with Crippen molar-refractivity contribution in [2.24, 2.45) is 0 Å². The molecule has 120 valence electrons. The zero-order valence-electron chi connectivity index (χ0n) is 11.4. The minimum Gasteiger partial charge on any atom is -0.302 e. The summed E-state index contributed by atoms with van der Waals surface area (Å²) >= 11 is 10.5. The summed E-state index contributed by atoms with van der Waals surface area (Å²) in [4.78, 5) is 26.2. The molecule has 0 aliphatic carbocycles. The highest BCUT2D eigenvalue weighted by molar-refractivity contribution is 9.11. The Kier molecular flexibility index (Phi) is 4.41. The molecule has 0 saturated carbocycles. The molecule has 1 atom stereocenters. The highest BCUT2D eigenvalue weighted by Gasteiger charge is 2.43. The fourth-order valence-corrected chi connectivity index (χ4v) is 4.11. The molecule has 2 amide bonds. The molecule has 1 saturated heterocycles. The number of rotatable bonds is 2. The number of thiophene rings is 1. The maximum Gasteiger partial charge on any atom is 0.267 e. The van der Waals surface area contributed by atoms with Crippen molar-refractivity contribution in [2.45, 2.75) is 6.17 Å². The lowest BCUT2D eigenvalue weighted by atomic mass is 10.1. The summed E-state index contributed by atoms with van der Waals surface area (Å²) in [6.45, 7) is -0.361. The number of hydrogen-bond donors (Lipinski definition) is 1. The van der Waals surface area contributed by atoms with E-state index in [1.165, 1.54) is 23.5 Å². The van der Waals surface area contributed by atoms with Crippen molar-refractivity contribution in [1.82, 2.24) is 9.96 Å². The van der Waals surface area contributed by atoms with Gasteiger partial charge >= 0.3 is 0 Å². The van der Waals surface area contributed by atoms with Gasteiger partial charge in [-0.2, -0.15) is 5.06 Å². The molecular formula is C14H9BrClFN2O3S. The summed E-state index contributed by atoms with van der Waals surface area (Å²) in [6, 6.07) is 7.29. The van der Waals surface area contributed by atoms with Gasteiger partial charge < -0.3 is 4.90 Å². The van der Waals surface area contributed by atoms with Crippen molar-refractivity contribution in [3.63, 3.8) is 0 Å². The van der Waals surface area contributed by atoms with Crippen LogP contribution < -0.4 is 0 Å². The van der Waals surface area contributed by atoms with Gasteiger partial charge in [0.2, 0.25) is 0 Å². The Hall–Kier alpha value is -1.48. The van der Waals surface area contributed by atoms with E-state index in [1.807, 2.05) is 0 Å². The molecule has 0 bridgehead atoms. The average Bonchev–Trinajstić information content (AvgIpc) is 3.03. The highest BCUT2D eigenvalue weighted by atomic mass is 79.9. The van der Waals surface area contributed by atoms with Crippen LogP contribution in [-0.2, 0) is 4.79 Å².